The first-order chi connectivity index (χ1) is 16.2. The zero-order valence-corrected chi connectivity index (χ0v) is 19.7. The van der Waals surface area contributed by atoms with E-state index in [4.69, 9.17) is 18.9 Å². The minimum atomic E-state index is -1.12. The van der Waals surface area contributed by atoms with E-state index in [0.717, 1.165) is 6.07 Å². The summed E-state index contributed by atoms with van der Waals surface area (Å²) >= 11 is 0. The van der Waals surface area contributed by atoms with E-state index in [1.165, 1.54) is 39.8 Å². The van der Waals surface area contributed by atoms with Crippen LogP contribution in [0.15, 0.2) is 66.8 Å². The highest BCUT2D eigenvalue weighted by atomic mass is 19.1. The Morgan fingerprint density at radius 1 is 0.600 bits per heavy atom. The molecule has 0 fully saturated rings. The van der Waals surface area contributed by atoms with Gasteiger partial charge in [-0.3, -0.25) is 0 Å². The molecule has 0 heterocycles. The molecule has 0 saturated carbocycles. The molecule has 0 aromatic heterocycles. The van der Waals surface area contributed by atoms with E-state index in [-0.39, 0.29) is 44.6 Å². The van der Waals surface area contributed by atoms with Gasteiger partial charge in [0.25, 0.3) is 0 Å². The fourth-order valence-corrected chi connectivity index (χ4v) is 2.39. The van der Waals surface area contributed by atoms with Gasteiger partial charge in [0, 0.05) is 27.7 Å². The molecule has 35 heavy (non-hydrogen) atoms. The zero-order valence-electron chi connectivity index (χ0n) is 19.7. The number of benzene rings is 2. The van der Waals surface area contributed by atoms with E-state index in [1.54, 1.807) is 0 Å². The van der Waals surface area contributed by atoms with Gasteiger partial charge in [0.15, 0.2) is 23.1 Å². The highest BCUT2D eigenvalue weighted by Crippen LogP contribution is 2.42. The second-order valence-electron chi connectivity index (χ2n) is 7.72. The fourth-order valence-electron chi connectivity index (χ4n) is 2.39. The number of fused-ring (bicyclic) bond motifs is 1. The van der Waals surface area contributed by atoms with E-state index in [9.17, 15) is 19.2 Å². The quantitative estimate of drug-likeness (QED) is 0.297. The minimum absolute atomic E-state index is 0.000755. The topological polar surface area (TPSA) is 105 Å². The summed E-state index contributed by atoms with van der Waals surface area (Å²) in [6.45, 7) is 19.4. The molecule has 0 spiro atoms. The number of carbonyl (C=O) groups excluding carboxylic acids is 4. The summed E-state index contributed by atoms with van der Waals surface area (Å²) in [5.74, 6) is -6.41. The highest BCUT2D eigenvalue weighted by Gasteiger charge is 2.25. The second-order valence-corrected chi connectivity index (χ2v) is 7.72. The van der Waals surface area contributed by atoms with Crippen molar-refractivity contribution in [2.75, 3.05) is 0 Å². The molecule has 0 aliphatic rings. The number of halogens is 1. The van der Waals surface area contributed by atoms with E-state index in [2.05, 4.69) is 26.3 Å². The minimum Gasteiger partial charge on any atom is -0.419 e. The lowest BCUT2D eigenvalue weighted by molar-refractivity contribution is -0.132. The molecule has 0 aliphatic carbocycles. The van der Waals surface area contributed by atoms with Crippen molar-refractivity contribution in [2.45, 2.75) is 27.7 Å². The normalized spacial score (nSPS) is 10.2. The maximum absolute atomic E-state index is 15.6. The third kappa shape index (κ3) is 6.29. The van der Waals surface area contributed by atoms with E-state index >= 15 is 4.39 Å². The number of ether oxygens (including phenoxy) is 4. The van der Waals surface area contributed by atoms with Gasteiger partial charge in [-0.25, -0.2) is 23.6 Å². The Morgan fingerprint density at radius 2 is 0.943 bits per heavy atom. The lowest BCUT2D eigenvalue weighted by Gasteiger charge is -2.16. The Bertz CT molecular complexity index is 1330. The molecule has 0 radical (unpaired) electrons. The van der Waals surface area contributed by atoms with Crippen molar-refractivity contribution >= 4 is 34.6 Å². The van der Waals surface area contributed by atoms with Crippen LogP contribution in [0.5, 0.6) is 23.0 Å². The van der Waals surface area contributed by atoms with Crippen molar-refractivity contribution in [3.63, 3.8) is 0 Å². The van der Waals surface area contributed by atoms with Gasteiger partial charge in [0.1, 0.15) is 0 Å². The van der Waals surface area contributed by atoms with Crippen LogP contribution in [0.1, 0.15) is 27.7 Å². The Balaban J connectivity index is 2.82. The second kappa shape index (κ2) is 10.6. The standard InChI is InChI=1S/C26H23FO8/c1-12(2)23(28)32-18-9-16-10-20(34-25(30)14(5)6)22(35-26(31)15(7)8)21(27)17(16)11-19(18)33-24(29)13(3)4/h9-11H,1,3,5,7H2,2,4,6,8H3. The van der Waals surface area contributed by atoms with E-state index in [0.29, 0.717) is 0 Å². The first-order valence-corrected chi connectivity index (χ1v) is 10.0. The molecule has 9 heteroatoms. The van der Waals surface area contributed by atoms with Crippen LogP contribution >= 0.6 is 0 Å². The predicted octanol–water partition coefficient (Wildman–Crippen LogP) is 4.90. The summed E-state index contributed by atoms with van der Waals surface area (Å²) in [5.41, 5.74) is 0.0353. The molecule has 2 aromatic rings. The van der Waals surface area contributed by atoms with Crippen LogP contribution in [-0.4, -0.2) is 23.9 Å². The van der Waals surface area contributed by atoms with Gasteiger partial charge >= 0.3 is 23.9 Å². The van der Waals surface area contributed by atoms with Crippen molar-refractivity contribution < 1.29 is 42.5 Å². The molecular formula is C26H23FO8. The van der Waals surface area contributed by atoms with Crippen LogP contribution < -0.4 is 18.9 Å². The highest BCUT2D eigenvalue weighted by molar-refractivity contribution is 5.97. The summed E-state index contributed by atoms with van der Waals surface area (Å²) < 4.78 is 36.3. The van der Waals surface area contributed by atoms with Gasteiger partial charge in [-0.15, -0.1) is 0 Å². The molecule has 0 atom stereocenters. The molecule has 2 aromatic carbocycles. The Hall–Kier alpha value is -4.53. The van der Waals surface area contributed by atoms with Crippen molar-refractivity contribution in [1.82, 2.24) is 0 Å². The van der Waals surface area contributed by atoms with Gasteiger partial charge in [0.2, 0.25) is 5.75 Å². The number of esters is 4. The molecular weight excluding hydrogens is 459 g/mol. The summed E-state index contributed by atoms with van der Waals surface area (Å²) in [6.07, 6.45) is 0. The number of carbonyl (C=O) groups is 4. The van der Waals surface area contributed by atoms with Crippen molar-refractivity contribution in [3.8, 4) is 23.0 Å². The zero-order chi connectivity index (χ0) is 26.6. The lowest BCUT2D eigenvalue weighted by Crippen LogP contribution is -2.15. The molecule has 8 nitrogen and oxygen atoms in total. The molecule has 182 valence electrons. The average Bonchev–Trinajstić information content (AvgIpc) is 2.76. The van der Waals surface area contributed by atoms with Gasteiger partial charge < -0.3 is 18.9 Å². The van der Waals surface area contributed by atoms with Crippen LogP contribution in [0.3, 0.4) is 0 Å². The molecule has 0 aliphatic heterocycles. The van der Waals surface area contributed by atoms with Crippen LogP contribution in [0.4, 0.5) is 4.39 Å². The monoisotopic (exact) mass is 482 g/mol. The maximum Gasteiger partial charge on any atom is 0.338 e. The van der Waals surface area contributed by atoms with Crippen LogP contribution in [0, 0.1) is 5.82 Å². The summed E-state index contributed by atoms with van der Waals surface area (Å²) in [5, 5.41) is -0.147. The first-order valence-electron chi connectivity index (χ1n) is 10.0. The smallest absolute Gasteiger partial charge is 0.338 e. The Kier molecular flexibility index (Phi) is 8.09. The van der Waals surface area contributed by atoms with Crippen molar-refractivity contribution in [2.24, 2.45) is 0 Å². The molecule has 2 rings (SSSR count). The summed E-state index contributed by atoms with van der Waals surface area (Å²) in [4.78, 5) is 48.4. The third-order valence-electron chi connectivity index (χ3n) is 4.26. The molecule has 0 saturated heterocycles. The number of hydrogen-bond acceptors (Lipinski definition) is 8. The summed E-state index contributed by atoms with van der Waals surface area (Å²) in [7, 11) is 0. The van der Waals surface area contributed by atoms with E-state index < -0.39 is 41.2 Å². The van der Waals surface area contributed by atoms with E-state index in [1.807, 2.05) is 0 Å². The third-order valence-corrected chi connectivity index (χ3v) is 4.26. The first kappa shape index (κ1) is 26.7. The average molecular weight is 482 g/mol. The largest absolute Gasteiger partial charge is 0.419 e. The van der Waals surface area contributed by atoms with Gasteiger partial charge in [-0.2, -0.15) is 0 Å². The molecule has 0 bridgehead atoms. The molecule has 0 amide bonds. The number of rotatable bonds is 8. The van der Waals surface area contributed by atoms with Gasteiger partial charge in [0.05, 0.1) is 0 Å². The van der Waals surface area contributed by atoms with Crippen molar-refractivity contribution in [3.05, 3.63) is 72.6 Å². The Labute approximate surface area is 200 Å². The summed E-state index contributed by atoms with van der Waals surface area (Å²) in [6, 6.07) is 3.43. The molecule has 0 N–H and O–H groups in total. The SMILES string of the molecule is C=C(C)C(=O)Oc1cc2cc(OC(=O)C(=C)C)c(OC(=O)C(=C)C)c(F)c2cc1OC(=O)C(=C)C. The van der Waals surface area contributed by atoms with Gasteiger partial charge in [-0.1, -0.05) is 26.3 Å². The predicted molar refractivity (Wildman–Crippen MR) is 126 cm³/mol. The molecule has 0 unspecified atom stereocenters. The van der Waals surface area contributed by atoms with Gasteiger partial charge in [-0.05, 0) is 51.3 Å². The van der Waals surface area contributed by atoms with Crippen LogP contribution in [-0.2, 0) is 19.2 Å². The fraction of sp³-hybridized carbons (Fsp3) is 0.154. The maximum atomic E-state index is 15.6. The van der Waals surface area contributed by atoms with Crippen LogP contribution in [0.25, 0.3) is 10.8 Å². The number of hydrogen-bond donors (Lipinski definition) is 0. The van der Waals surface area contributed by atoms with Crippen molar-refractivity contribution in [1.29, 1.82) is 0 Å². The Morgan fingerprint density at radius 3 is 1.37 bits per heavy atom. The van der Waals surface area contributed by atoms with Crippen LogP contribution in [0.2, 0.25) is 0 Å². The lowest BCUT2D eigenvalue weighted by atomic mass is 10.1.